The molecule has 2 aliphatic heterocycles. The van der Waals surface area contributed by atoms with E-state index in [-0.39, 0.29) is 11.5 Å². The average molecular weight is 262 g/mol. The third-order valence-electron chi connectivity index (χ3n) is 4.40. The van der Waals surface area contributed by atoms with Crippen LogP contribution in [-0.4, -0.2) is 40.3 Å². The summed E-state index contributed by atoms with van der Waals surface area (Å²) in [5.41, 5.74) is 1.07. The van der Waals surface area contributed by atoms with E-state index in [9.17, 15) is 10.2 Å². The molecule has 0 radical (unpaired) electrons. The van der Waals surface area contributed by atoms with Gasteiger partial charge in [-0.25, -0.2) is 0 Å². The van der Waals surface area contributed by atoms with E-state index in [1.54, 1.807) is 12.1 Å². The van der Waals surface area contributed by atoms with Crippen LogP contribution in [0, 0.1) is 0 Å². The minimum Gasteiger partial charge on any atom is -0.504 e. The molecule has 2 fully saturated rings. The first-order valence-electron chi connectivity index (χ1n) is 7.22. The molecule has 4 nitrogen and oxygen atoms in total. The molecule has 3 N–H and O–H groups in total. The van der Waals surface area contributed by atoms with Crippen LogP contribution >= 0.6 is 0 Å². The van der Waals surface area contributed by atoms with Crippen molar-refractivity contribution in [2.45, 2.75) is 44.3 Å². The fourth-order valence-corrected chi connectivity index (χ4v) is 3.45. The summed E-state index contributed by atoms with van der Waals surface area (Å²) in [6.45, 7) is 3.14. The SMILES string of the molecule is Oc1ccc(CN2CCCC2C2CCCN2)cc1O. The normalized spacial score (nSPS) is 28.0. The van der Waals surface area contributed by atoms with Gasteiger partial charge in [0.1, 0.15) is 0 Å². The molecule has 2 heterocycles. The monoisotopic (exact) mass is 262 g/mol. The van der Waals surface area contributed by atoms with Gasteiger partial charge in [-0.05, 0) is 56.5 Å². The van der Waals surface area contributed by atoms with Crippen LogP contribution in [0.15, 0.2) is 18.2 Å². The van der Waals surface area contributed by atoms with Gasteiger partial charge in [0.25, 0.3) is 0 Å². The molecule has 0 bridgehead atoms. The van der Waals surface area contributed by atoms with Crippen LogP contribution in [0.25, 0.3) is 0 Å². The molecule has 3 rings (SSSR count). The van der Waals surface area contributed by atoms with E-state index in [4.69, 9.17) is 0 Å². The van der Waals surface area contributed by atoms with Gasteiger partial charge in [0.2, 0.25) is 0 Å². The van der Waals surface area contributed by atoms with Crippen LogP contribution in [-0.2, 0) is 6.54 Å². The lowest BCUT2D eigenvalue weighted by atomic mass is 10.0. The van der Waals surface area contributed by atoms with Gasteiger partial charge < -0.3 is 15.5 Å². The second-order valence-corrected chi connectivity index (χ2v) is 5.71. The Morgan fingerprint density at radius 2 is 2.05 bits per heavy atom. The molecule has 2 saturated heterocycles. The average Bonchev–Trinajstić information content (AvgIpc) is 3.04. The standard InChI is InChI=1S/C15H22N2O2/c18-14-6-5-11(9-15(14)19)10-17-8-2-4-13(17)12-3-1-7-16-12/h5-6,9,12-13,16,18-19H,1-4,7-8,10H2. The van der Waals surface area contributed by atoms with E-state index in [1.165, 1.54) is 25.7 Å². The van der Waals surface area contributed by atoms with Crippen molar-refractivity contribution in [3.8, 4) is 11.5 Å². The molecule has 0 amide bonds. The molecule has 2 atom stereocenters. The van der Waals surface area contributed by atoms with Crippen molar-refractivity contribution in [2.75, 3.05) is 13.1 Å². The second-order valence-electron chi connectivity index (χ2n) is 5.71. The van der Waals surface area contributed by atoms with Gasteiger partial charge in [-0.2, -0.15) is 0 Å². The minimum atomic E-state index is -0.0424. The molecule has 1 aromatic carbocycles. The van der Waals surface area contributed by atoms with E-state index in [0.29, 0.717) is 12.1 Å². The van der Waals surface area contributed by atoms with Crippen molar-refractivity contribution in [3.63, 3.8) is 0 Å². The maximum atomic E-state index is 9.57. The Hall–Kier alpha value is -1.26. The number of hydrogen-bond acceptors (Lipinski definition) is 4. The largest absolute Gasteiger partial charge is 0.504 e. The summed E-state index contributed by atoms with van der Waals surface area (Å²) in [6, 6.07) is 6.40. The third-order valence-corrected chi connectivity index (χ3v) is 4.40. The Morgan fingerprint density at radius 1 is 1.16 bits per heavy atom. The van der Waals surface area contributed by atoms with Gasteiger partial charge in [-0.1, -0.05) is 6.07 Å². The highest BCUT2D eigenvalue weighted by atomic mass is 16.3. The smallest absolute Gasteiger partial charge is 0.157 e. The van der Waals surface area contributed by atoms with Crippen molar-refractivity contribution < 1.29 is 10.2 Å². The maximum Gasteiger partial charge on any atom is 0.157 e. The van der Waals surface area contributed by atoms with Gasteiger partial charge in [-0.15, -0.1) is 0 Å². The van der Waals surface area contributed by atoms with Crippen LogP contribution in [0.1, 0.15) is 31.2 Å². The van der Waals surface area contributed by atoms with Crippen LogP contribution in [0.2, 0.25) is 0 Å². The summed E-state index contributed by atoms with van der Waals surface area (Å²) in [4.78, 5) is 2.51. The van der Waals surface area contributed by atoms with Crippen molar-refractivity contribution >= 4 is 0 Å². The Bertz CT molecular complexity index is 444. The predicted molar refractivity (Wildman–Crippen MR) is 74.2 cm³/mol. The summed E-state index contributed by atoms with van der Waals surface area (Å²) in [5.74, 6) is -0.0635. The molecule has 4 heteroatoms. The van der Waals surface area contributed by atoms with Crippen molar-refractivity contribution in [1.29, 1.82) is 0 Å². The number of likely N-dealkylation sites (tertiary alicyclic amines) is 1. The lowest BCUT2D eigenvalue weighted by Gasteiger charge is -2.29. The van der Waals surface area contributed by atoms with Gasteiger partial charge in [0.15, 0.2) is 11.5 Å². The zero-order valence-corrected chi connectivity index (χ0v) is 11.2. The summed E-state index contributed by atoms with van der Waals surface area (Å²) in [5, 5.41) is 22.5. The van der Waals surface area contributed by atoms with Gasteiger partial charge in [0.05, 0.1) is 0 Å². The lowest BCUT2D eigenvalue weighted by molar-refractivity contribution is 0.206. The highest BCUT2D eigenvalue weighted by molar-refractivity contribution is 5.40. The first-order chi connectivity index (χ1) is 9.24. The molecular weight excluding hydrogens is 240 g/mol. The topological polar surface area (TPSA) is 55.7 Å². The number of aromatic hydroxyl groups is 2. The number of hydrogen-bond donors (Lipinski definition) is 3. The van der Waals surface area contributed by atoms with Crippen LogP contribution in [0.3, 0.4) is 0 Å². The molecule has 2 unspecified atom stereocenters. The van der Waals surface area contributed by atoms with Gasteiger partial charge >= 0.3 is 0 Å². The van der Waals surface area contributed by atoms with E-state index in [1.807, 2.05) is 6.07 Å². The van der Waals surface area contributed by atoms with Crippen LogP contribution in [0.4, 0.5) is 0 Å². The zero-order valence-electron chi connectivity index (χ0n) is 11.2. The van der Waals surface area contributed by atoms with E-state index >= 15 is 0 Å². The van der Waals surface area contributed by atoms with Gasteiger partial charge in [0, 0.05) is 18.6 Å². The minimum absolute atomic E-state index is 0.0211. The van der Waals surface area contributed by atoms with Gasteiger partial charge in [-0.3, -0.25) is 4.90 Å². The zero-order chi connectivity index (χ0) is 13.2. The predicted octanol–water partition coefficient (Wildman–Crippen LogP) is 1.81. The number of phenolic OH excluding ortho intramolecular Hbond substituents is 2. The molecular formula is C15H22N2O2. The fourth-order valence-electron chi connectivity index (χ4n) is 3.45. The molecule has 1 aromatic rings. The molecule has 0 saturated carbocycles. The Labute approximate surface area is 114 Å². The molecule has 0 aliphatic carbocycles. The lowest BCUT2D eigenvalue weighted by Crippen LogP contribution is -2.43. The summed E-state index contributed by atoms with van der Waals surface area (Å²) < 4.78 is 0. The molecule has 0 spiro atoms. The van der Waals surface area contributed by atoms with Crippen molar-refractivity contribution in [1.82, 2.24) is 10.2 Å². The quantitative estimate of drug-likeness (QED) is 0.727. The highest BCUT2D eigenvalue weighted by Gasteiger charge is 2.32. The van der Waals surface area contributed by atoms with E-state index < -0.39 is 0 Å². The first-order valence-corrected chi connectivity index (χ1v) is 7.22. The molecule has 104 valence electrons. The first kappa shape index (κ1) is 12.8. The van der Waals surface area contributed by atoms with Crippen LogP contribution in [0.5, 0.6) is 11.5 Å². The summed E-state index contributed by atoms with van der Waals surface area (Å²) >= 11 is 0. The number of benzene rings is 1. The molecule has 0 aromatic heterocycles. The van der Waals surface area contributed by atoms with Crippen molar-refractivity contribution in [3.05, 3.63) is 23.8 Å². The number of rotatable bonds is 3. The summed E-state index contributed by atoms with van der Waals surface area (Å²) in [7, 11) is 0. The molecule has 2 aliphatic rings. The number of phenols is 2. The maximum absolute atomic E-state index is 9.57. The number of nitrogens with zero attached hydrogens (tertiary/aromatic N) is 1. The van der Waals surface area contributed by atoms with Crippen molar-refractivity contribution in [2.24, 2.45) is 0 Å². The Balaban J connectivity index is 1.69. The fraction of sp³-hybridized carbons (Fsp3) is 0.600. The number of nitrogens with one attached hydrogen (secondary N) is 1. The van der Waals surface area contributed by atoms with E-state index in [0.717, 1.165) is 25.2 Å². The Kier molecular flexibility index (Phi) is 3.62. The summed E-state index contributed by atoms with van der Waals surface area (Å²) in [6.07, 6.45) is 5.09. The third kappa shape index (κ3) is 2.69. The Morgan fingerprint density at radius 3 is 2.79 bits per heavy atom. The van der Waals surface area contributed by atoms with Crippen LogP contribution < -0.4 is 5.32 Å². The second kappa shape index (κ2) is 5.39. The molecule has 19 heavy (non-hydrogen) atoms. The highest BCUT2D eigenvalue weighted by Crippen LogP contribution is 2.29. The van der Waals surface area contributed by atoms with E-state index in [2.05, 4.69) is 10.2 Å².